The van der Waals surface area contributed by atoms with E-state index in [0.29, 0.717) is 43.5 Å². The summed E-state index contributed by atoms with van der Waals surface area (Å²) in [6.07, 6.45) is 0. The minimum absolute atomic E-state index is 0.120. The number of anilines is 1. The molecule has 0 saturated carbocycles. The number of aromatic nitrogens is 1. The van der Waals surface area contributed by atoms with Gasteiger partial charge in [0.15, 0.2) is 4.80 Å². The molecule has 6 rings (SSSR count). The molecule has 10 heteroatoms. The Bertz CT molecular complexity index is 1990. The van der Waals surface area contributed by atoms with Crippen molar-refractivity contribution in [2.75, 3.05) is 18.6 Å². The molecule has 1 aromatic heterocycles. The number of para-hydroxylation sites is 1. The number of halogens is 1. The molecule has 43 heavy (non-hydrogen) atoms. The summed E-state index contributed by atoms with van der Waals surface area (Å²) < 4.78 is 12.9. The summed E-state index contributed by atoms with van der Waals surface area (Å²) in [4.78, 5) is 49.1. The van der Waals surface area contributed by atoms with Crippen molar-refractivity contribution in [1.82, 2.24) is 4.57 Å². The van der Waals surface area contributed by atoms with Crippen molar-refractivity contribution in [3.63, 3.8) is 0 Å². The van der Waals surface area contributed by atoms with Crippen LogP contribution in [0.3, 0.4) is 0 Å². The summed E-state index contributed by atoms with van der Waals surface area (Å²) in [7, 11) is 1.51. The summed E-state index contributed by atoms with van der Waals surface area (Å²) in [5.74, 6) is -0.452. The molecule has 4 aromatic rings. The first kappa shape index (κ1) is 28.6. The maximum Gasteiger partial charge on any atom is 0.338 e. The van der Waals surface area contributed by atoms with E-state index in [9.17, 15) is 14.4 Å². The van der Waals surface area contributed by atoms with Gasteiger partial charge in [-0.05, 0) is 45.0 Å². The fourth-order valence-electron chi connectivity index (χ4n) is 5.68. The lowest BCUT2D eigenvalue weighted by Crippen LogP contribution is -2.41. The van der Waals surface area contributed by atoms with Gasteiger partial charge < -0.3 is 14.4 Å². The fraction of sp³-hybridized carbons (Fsp3) is 0.212. The second-order valence-electron chi connectivity index (χ2n) is 10.3. The van der Waals surface area contributed by atoms with Crippen molar-refractivity contribution >= 4 is 51.8 Å². The Morgan fingerprint density at radius 3 is 2.47 bits per heavy atom. The predicted molar refractivity (Wildman–Crippen MR) is 167 cm³/mol. The smallest absolute Gasteiger partial charge is 0.338 e. The van der Waals surface area contributed by atoms with E-state index in [1.165, 1.54) is 11.7 Å². The number of fused-ring (bicyclic) bond motifs is 2. The molecule has 0 spiro atoms. The molecule has 1 atom stereocenters. The lowest BCUT2D eigenvalue weighted by Gasteiger charge is -2.27. The van der Waals surface area contributed by atoms with Gasteiger partial charge in [0.1, 0.15) is 16.3 Å². The van der Waals surface area contributed by atoms with Gasteiger partial charge >= 0.3 is 5.97 Å². The van der Waals surface area contributed by atoms with Gasteiger partial charge in [-0.25, -0.2) is 9.79 Å². The Labute approximate surface area is 256 Å². The number of nitrogens with zero attached hydrogens (tertiary/aromatic N) is 3. The quantitative estimate of drug-likeness (QED) is 0.294. The zero-order chi connectivity index (χ0) is 30.4. The van der Waals surface area contributed by atoms with E-state index in [4.69, 9.17) is 26.1 Å². The van der Waals surface area contributed by atoms with Crippen LogP contribution in [0.15, 0.2) is 88.2 Å². The monoisotopic (exact) mass is 613 g/mol. The van der Waals surface area contributed by atoms with Gasteiger partial charge in [0.2, 0.25) is 0 Å². The van der Waals surface area contributed by atoms with E-state index in [0.717, 1.165) is 17.0 Å². The average molecular weight is 614 g/mol. The van der Waals surface area contributed by atoms with Crippen LogP contribution < -0.4 is 24.5 Å². The Hall–Kier alpha value is -4.47. The number of thiazole rings is 1. The van der Waals surface area contributed by atoms with E-state index in [1.54, 1.807) is 30.0 Å². The summed E-state index contributed by atoms with van der Waals surface area (Å²) in [5, 5.41) is 0.398. The lowest BCUT2D eigenvalue weighted by atomic mass is 9.92. The molecule has 3 heterocycles. The van der Waals surface area contributed by atoms with Crippen LogP contribution in [-0.2, 0) is 14.3 Å². The molecule has 0 fully saturated rings. The van der Waals surface area contributed by atoms with Crippen LogP contribution in [0.2, 0.25) is 5.02 Å². The minimum atomic E-state index is -0.999. The Kier molecular flexibility index (Phi) is 7.54. The molecule has 2 aliphatic rings. The zero-order valence-corrected chi connectivity index (χ0v) is 25.5. The van der Waals surface area contributed by atoms with Gasteiger partial charge in [-0.1, -0.05) is 71.5 Å². The summed E-state index contributed by atoms with van der Waals surface area (Å²) in [6.45, 7) is 5.70. The Morgan fingerprint density at radius 2 is 1.77 bits per heavy atom. The molecule has 3 aromatic carbocycles. The van der Waals surface area contributed by atoms with Gasteiger partial charge in [-0.2, -0.15) is 0 Å². The molecule has 0 aliphatic carbocycles. The first-order chi connectivity index (χ1) is 20.8. The highest BCUT2D eigenvalue weighted by molar-refractivity contribution is 7.07. The molecular formula is C33H28ClN3O5S. The van der Waals surface area contributed by atoms with Crippen LogP contribution in [0.25, 0.3) is 11.3 Å². The highest BCUT2D eigenvalue weighted by Gasteiger charge is 2.39. The highest BCUT2D eigenvalue weighted by Crippen LogP contribution is 2.40. The number of ether oxygens (including phenoxy) is 2. The van der Waals surface area contributed by atoms with Crippen molar-refractivity contribution in [3.05, 3.63) is 120 Å². The molecule has 0 unspecified atom stereocenters. The van der Waals surface area contributed by atoms with E-state index in [1.807, 2.05) is 68.4 Å². The number of carbonyl (C=O) groups is 2. The molecule has 0 saturated heterocycles. The SMILES string of the molecule is CCOC(=O)C1=C(c2ccccc2)N=c2s/c(=C3\C(=O)N(C(C)C)c4ccccc43)c(=O)n2[C@@H]1c1cc(Cl)ccc1OC. The molecule has 8 nitrogen and oxygen atoms in total. The zero-order valence-electron chi connectivity index (χ0n) is 24.0. The number of benzene rings is 3. The highest BCUT2D eigenvalue weighted by atomic mass is 35.5. The molecule has 0 bridgehead atoms. The van der Waals surface area contributed by atoms with E-state index < -0.39 is 17.6 Å². The van der Waals surface area contributed by atoms with E-state index in [2.05, 4.69) is 0 Å². The molecule has 0 N–H and O–H groups in total. The second-order valence-corrected chi connectivity index (χ2v) is 11.7. The van der Waals surface area contributed by atoms with Crippen molar-refractivity contribution in [1.29, 1.82) is 0 Å². The van der Waals surface area contributed by atoms with Crippen LogP contribution >= 0.6 is 22.9 Å². The van der Waals surface area contributed by atoms with Crippen LogP contribution in [-0.4, -0.2) is 36.2 Å². The number of amides is 1. The van der Waals surface area contributed by atoms with Crippen molar-refractivity contribution in [2.24, 2.45) is 4.99 Å². The van der Waals surface area contributed by atoms with Crippen LogP contribution in [0.1, 0.15) is 43.5 Å². The molecule has 2 aliphatic heterocycles. The molecule has 218 valence electrons. The van der Waals surface area contributed by atoms with Crippen LogP contribution in [0.4, 0.5) is 5.69 Å². The van der Waals surface area contributed by atoms with Gasteiger partial charge in [-0.15, -0.1) is 0 Å². The summed E-state index contributed by atoms with van der Waals surface area (Å²) in [6, 6.07) is 20.6. The van der Waals surface area contributed by atoms with Crippen LogP contribution in [0, 0.1) is 0 Å². The first-order valence-electron chi connectivity index (χ1n) is 13.8. The van der Waals surface area contributed by atoms with E-state index in [-0.39, 0.29) is 28.7 Å². The largest absolute Gasteiger partial charge is 0.496 e. The maximum atomic E-state index is 14.5. The maximum absolute atomic E-state index is 14.5. The average Bonchev–Trinajstić information content (AvgIpc) is 3.48. The number of methoxy groups -OCH3 is 1. The van der Waals surface area contributed by atoms with Gasteiger partial charge in [-0.3, -0.25) is 14.2 Å². The summed E-state index contributed by atoms with van der Waals surface area (Å²) in [5.41, 5.74) is 2.97. The first-order valence-corrected chi connectivity index (χ1v) is 15.0. The van der Waals surface area contributed by atoms with Gasteiger partial charge in [0.05, 0.1) is 36.2 Å². The third kappa shape index (κ3) is 4.69. The number of hydrogen-bond donors (Lipinski definition) is 0. The normalized spacial score (nSPS) is 17.1. The van der Waals surface area contributed by atoms with E-state index >= 15 is 0 Å². The Morgan fingerprint density at radius 1 is 1.05 bits per heavy atom. The third-order valence-electron chi connectivity index (χ3n) is 7.44. The van der Waals surface area contributed by atoms with Crippen LogP contribution in [0.5, 0.6) is 5.75 Å². The van der Waals surface area contributed by atoms with Gasteiger partial charge in [0.25, 0.3) is 11.5 Å². The number of carbonyl (C=O) groups excluding carboxylic acids is 2. The van der Waals surface area contributed by atoms with Crippen molar-refractivity contribution in [3.8, 4) is 5.75 Å². The Balaban J connectivity index is 1.75. The third-order valence-corrected chi connectivity index (χ3v) is 8.73. The predicted octanol–water partition coefficient (Wildman–Crippen LogP) is 4.72. The summed E-state index contributed by atoms with van der Waals surface area (Å²) >= 11 is 7.60. The molecule has 1 amide bonds. The topological polar surface area (TPSA) is 90.2 Å². The molecular weight excluding hydrogens is 586 g/mol. The number of esters is 1. The molecule has 0 radical (unpaired) electrons. The fourth-order valence-corrected chi connectivity index (χ4v) is 6.95. The lowest BCUT2D eigenvalue weighted by molar-refractivity contribution is -0.138. The number of hydrogen-bond acceptors (Lipinski definition) is 7. The second kappa shape index (κ2) is 11.3. The van der Waals surface area contributed by atoms with Gasteiger partial charge in [0, 0.05) is 27.8 Å². The van der Waals surface area contributed by atoms with Crippen molar-refractivity contribution in [2.45, 2.75) is 32.9 Å². The standard InChI is InChI=1S/C33H28ClN3O5S/c1-5-42-32(40)26-27(19-11-7-6-8-12-19)35-33-37(28(26)22-17-20(34)15-16-24(22)41-4)31(39)29(43-33)25-21-13-9-10-14-23(21)36(18(2)3)30(25)38/h6-18,28H,5H2,1-4H3/b29-25-/t28-/m1/s1. The number of rotatable bonds is 6. The van der Waals surface area contributed by atoms with Crippen molar-refractivity contribution < 1.29 is 19.1 Å². The minimum Gasteiger partial charge on any atom is -0.496 e.